The molecule has 1 aromatic heterocycles. The zero-order chi connectivity index (χ0) is 35.9. The predicted octanol–water partition coefficient (Wildman–Crippen LogP) is 4.25. The highest BCUT2D eigenvalue weighted by Gasteiger charge is 2.44. The van der Waals surface area contributed by atoms with E-state index >= 15 is 0 Å². The number of piperazine rings is 1. The number of carbonyl (C=O) groups excluding carboxylic acids is 4. The van der Waals surface area contributed by atoms with Crippen LogP contribution in [0.5, 0.6) is 0 Å². The van der Waals surface area contributed by atoms with Crippen LogP contribution < -0.4 is 16.0 Å². The number of rotatable bonds is 13. The maximum atomic E-state index is 14.6. The Kier molecular flexibility index (Phi) is 11.9. The van der Waals surface area contributed by atoms with E-state index in [1.54, 1.807) is 46.2 Å². The molecule has 2 aliphatic heterocycles. The van der Waals surface area contributed by atoms with E-state index in [1.165, 1.54) is 23.1 Å². The summed E-state index contributed by atoms with van der Waals surface area (Å²) in [5.41, 5.74) is 2.62. The van der Waals surface area contributed by atoms with Crippen molar-refractivity contribution in [2.75, 3.05) is 44.3 Å². The van der Waals surface area contributed by atoms with E-state index in [0.29, 0.717) is 60.1 Å². The Morgan fingerprint density at radius 3 is 2.37 bits per heavy atom. The van der Waals surface area contributed by atoms with Crippen LogP contribution >= 0.6 is 23.1 Å². The zero-order valence-corrected chi connectivity index (χ0v) is 30.1. The highest BCUT2D eigenvalue weighted by molar-refractivity contribution is 8.00. The summed E-state index contributed by atoms with van der Waals surface area (Å²) in [6, 6.07) is 14.2. The third-order valence-electron chi connectivity index (χ3n) is 9.27. The van der Waals surface area contributed by atoms with Gasteiger partial charge in [-0.2, -0.15) is 0 Å². The molecule has 5 amide bonds. The van der Waals surface area contributed by atoms with Crippen LogP contribution in [0.15, 0.2) is 60.0 Å². The number of carboxylic acids is 1. The van der Waals surface area contributed by atoms with E-state index in [0.717, 1.165) is 31.5 Å². The van der Waals surface area contributed by atoms with Crippen LogP contribution in [0.4, 0.5) is 9.93 Å². The van der Waals surface area contributed by atoms with Crippen molar-refractivity contribution in [3.05, 3.63) is 71.1 Å². The molecule has 270 valence electrons. The minimum absolute atomic E-state index is 0.0196. The van der Waals surface area contributed by atoms with Gasteiger partial charge in [0.25, 0.3) is 11.8 Å². The fourth-order valence-electron chi connectivity index (χ4n) is 6.13. The van der Waals surface area contributed by atoms with Gasteiger partial charge in [-0.3, -0.25) is 19.2 Å². The first-order valence-electron chi connectivity index (χ1n) is 17.3. The molecule has 0 spiro atoms. The summed E-state index contributed by atoms with van der Waals surface area (Å²) in [7, 11) is 2.00. The van der Waals surface area contributed by atoms with Gasteiger partial charge in [-0.1, -0.05) is 42.5 Å². The number of hydrogen-bond acceptors (Lipinski definition) is 9. The Labute approximate surface area is 305 Å². The summed E-state index contributed by atoms with van der Waals surface area (Å²) in [4.78, 5) is 75.6. The average Bonchev–Trinajstić information content (AvgIpc) is 3.65. The van der Waals surface area contributed by atoms with Crippen LogP contribution in [-0.2, 0) is 14.4 Å². The Balaban J connectivity index is 1.19. The van der Waals surface area contributed by atoms with Crippen LogP contribution in [0, 0.1) is 0 Å². The smallest absolute Gasteiger partial charge is 0.318 e. The quantitative estimate of drug-likeness (QED) is 0.188. The summed E-state index contributed by atoms with van der Waals surface area (Å²) in [5.74, 6) is -1.44. The summed E-state index contributed by atoms with van der Waals surface area (Å²) in [6.45, 7) is 2.51. The van der Waals surface area contributed by atoms with E-state index < -0.39 is 35.2 Å². The van der Waals surface area contributed by atoms with Crippen molar-refractivity contribution < 1.29 is 29.1 Å². The Hall–Kier alpha value is -4.47. The van der Waals surface area contributed by atoms with Crippen LogP contribution in [-0.4, -0.2) is 111 Å². The highest BCUT2D eigenvalue weighted by atomic mass is 32.2. The van der Waals surface area contributed by atoms with Crippen molar-refractivity contribution in [1.82, 2.24) is 30.3 Å². The second kappa shape index (κ2) is 16.7. The average molecular weight is 734 g/mol. The molecule has 6 rings (SSSR count). The fraction of sp³-hybridized carbons (Fsp3) is 0.444. The van der Waals surface area contributed by atoms with Gasteiger partial charge < -0.3 is 35.8 Å². The van der Waals surface area contributed by atoms with Crippen molar-refractivity contribution in [2.45, 2.75) is 62.0 Å². The number of thioether (sulfide) groups is 1. The fourth-order valence-corrected chi connectivity index (χ4v) is 8.31. The molecule has 3 fully saturated rings. The van der Waals surface area contributed by atoms with E-state index in [-0.39, 0.29) is 24.4 Å². The minimum Gasteiger partial charge on any atom is -0.481 e. The van der Waals surface area contributed by atoms with Crippen molar-refractivity contribution in [1.29, 1.82) is 0 Å². The van der Waals surface area contributed by atoms with Gasteiger partial charge >= 0.3 is 12.0 Å². The molecule has 1 aliphatic carbocycles. The molecule has 4 N–H and O–H groups in total. The number of aromatic nitrogens is 1. The second-order valence-electron chi connectivity index (χ2n) is 13.1. The molecule has 3 aliphatic rings. The van der Waals surface area contributed by atoms with Gasteiger partial charge in [-0.05, 0) is 56.8 Å². The summed E-state index contributed by atoms with van der Waals surface area (Å²) in [5, 5.41) is 19.8. The van der Waals surface area contributed by atoms with Gasteiger partial charge in [0.2, 0.25) is 5.91 Å². The molecule has 1 saturated carbocycles. The van der Waals surface area contributed by atoms with Crippen molar-refractivity contribution >= 4 is 58.0 Å². The monoisotopic (exact) mass is 733 g/mol. The summed E-state index contributed by atoms with van der Waals surface area (Å²) >= 11 is 2.74. The van der Waals surface area contributed by atoms with Crippen LogP contribution in [0.1, 0.15) is 60.5 Å². The number of urea groups is 1. The van der Waals surface area contributed by atoms with E-state index in [9.17, 15) is 24.0 Å². The number of likely N-dealkylation sites (N-methyl/N-ethyl adjacent to an activating group) is 1. The molecular weight excluding hydrogens is 691 g/mol. The topological polar surface area (TPSA) is 164 Å². The first-order valence-corrected chi connectivity index (χ1v) is 19.2. The maximum Gasteiger partial charge on any atom is 0.318 e. The van der Waals surface area contributed by atoms with E-state index in [4.69, 9.17) is 5.11 Å². The molecule has 15 heteroatoms. The number of anilines is 1. The summed E-state index contributed by atoms with van der Waals surface area (Å²) in [6.07, 6.45) is 3.54. The minimum atomic E-state index is -1.03. The first-order chi connectivity index (χ1) is 24.7. The molecule has 3 aromatic rings. The number of carbonyl (C=O) groups is 5. The molecule has 13 nitrogen and oxygen atoms in total. The van der Waals surface area contributed by atoms with Gasteiger partial charge in [0.1, 0.15) is 12.1 Å². The standard InChI is InChI=1S/C36H43N7O6S2/c1-41-17-19-42(20-18-41)36(49)39-31(24-7-3-2-4-8-24)34(48)43-28(22-50-29(43)9-5-6-10-30(44)45)33(47)40-35-38-27(21-51-35)23-11-13-25(14-12-23)32(46)37-26-15-16-26/h2-4,7-8,11-14,21,26,28-29,31H,5-6,9-10,15-20,22H2,1H3,(H,37,46)(H,39,49)(H,44,45)(H,38,40,47)/t28-,29?,31+/m0/s1. The molecule has 2 saturated heterocycles. The van der Waals surface area contributed by atoms with Crippen LogP contribution in [0.3, 0.4) is 0 Å². The number of unbranched alkanes of at least 4 members (excludes halogenated alkanes) is 1. The number of nitrogens with zero attached hydrogens (tertiary/aromatic N) is 4. The van der Waals surface area contributed by atoms with Crippen molar-refractivity contribution in [2.24, 2.45) is 0 Å². The van der Waals surface area contributed by atoms with Crippen LogP contribution in [0.2, 0.25) is 0 Å². The van der Waals surface area contributed by atoms with Gasteiger partial charge in [-0.15, -0.1) is 23.1 Å². The van der Waals surface area contributed by atoms with Gasteiger partial charge in [0.05, 0.1) is 11.1 Å². The Morgan fingerprint density at radius 2 is 1.69 bits per heavy atom. The molecule has 2 aromatic carbocycles. The van der Waals surface area contributed by atoms with Gasteiger partial charge in [0, 0.05) is 60.9 Å². The predicted molar refractivity (Wildman–Crippen MR) is 196 cm³/mol. The van der Waals surface area contributed by atoms with Crippen LogP contribution in [0.25, 0.3) is 11.3 Å². The molecule has 1 unspecified atom stereocenters. The lowest BCUT2D eigenvalue weighted by molar-refractivity contribution is -0.140. The molecule has 51 heavy (non-hydrogen) atoms. The maximum absolute atomic E-state index is 14.6. The molecule has 0 bridgehead atoms. The number of hydrogen-bond donors (Lipinski definition) is 4. The number of aliphatic carboxylic acids is 1. The second-order valence-corrected chi connectivity index (χ2v) is 15.2. The third kappa shape index (κ3) is 9.45. The number of thiazole rings is 1. The lowest BCUT2D eigenvalue weighted by Crippen LogP contribution is -2.55. The van der Waals surface area contributed by atoms with E-state index in [2.05, 4.69) is 25.8 Å². The number of amides is 5. The van der Waals surface area contributed by atoms with E-state index in [1.807, 2.05) is 30.6 Å². The zero-order valence-electron chi connectivity index (χ0n) is 28.5. The van der Waals surface area contributed by atoms with Crippen molar-refractivity contribution in [3.8, 4) is 11.3 Å². The lowest BCUT2D eigenvalue weighted by Gasteiger charge is -2.35. The number of carboxylic acid groups (broad SMARTS) is 1. The molecule has 3 atom stereocenters. The SMILES string of the molecule is CN1CCN(C(=O)N[C@@H](C(=O)N2C(CCCCC(=O)O)SC[C@H]2C(=O)Nc2nc(-c3ccc(C(=O)NC4CC4)cc3)cs2)c2ccccc2)CC1. The Bertz CT molecular complexity index is 1710. The summed E-state index contributed by atoms with van der Waals surface area (Å²) < 4.78 is 0. The number of benzene rings is 2. The van der Waals surface area contributed by atoms with Gasteiger partial charge in [0.15, 0.2) is 5.13 Å². The Morgan fingerprint density at radius 1 is 0.961 bits per heavy atom. The molecule has 3 heterocycles. The largest absolute Gasteiger partial charge is 0.481 e. The molecule has 0 radical (unpaired) electrons. The van der Waals surface area contributed by atoms with Gasteiger partial charge in [-0.25, -0.2) is 9.78 Å². The normalized spacial score (nSPS) is 19.7. The lowest BCUT2D eigenvalue weighted by atomic mass is 10.0. The number of nitrogens with one attached hydrogen (secondary N) is 3. The third-order valence-corrected chi connectivity index (χ3v) is 11.4. The first kappa shape index (κ1) is 36.3. The molecular formula is C36H43N7O6S2. The highest BCUT2D eigenvalue weighted by Crippen LogP contribution is 2.36. The van der Waals surface area contributed by atoms with Crippen molar-refractivity contribution in [3.63, 3.8) is 0 Å².